The van der Waals surface area contributed by atoms with E-state index in [4.69, 9.17) is 17.3 Å². The van der Waals surface area contributed by atoms with Crippen molar-refractivity contribution in [3.8, 4) is 0 Å². The normalized spacial score (nSPS) is 12.9. The van der Waals surface area contributed by atoms with Crippen LogP contribution in [0.25, 0.3) is 0 Å². The Bertz CT molecular complexity index is 530. The van der Waals surface area contributed by atoms with Crippen LogP contribution in [0.15, 0.2) is 16.0 Å². The maximum atomic E-state index is 6.32. The number of rotatable bonds is 4. The lowest BCUT2D eigenvalue weighted by Gasteiger charge is -2.13. The van der Waals surface area contributed by atoms with Gasteiger partial charge in [0.1, 0.15) is 0 Å². The van der Waals surface area contributed by atoms with Crippen molar-refractivity contribution in [1.82, 2.24) is 9.78 Å². The molecule has 1 unspecified atom stereocenters. The topological polar surface area (TPSA) is 43.8 Å². The van der Waals surface area contributed by atoms with Crippen molar-refractivity contribution in [3.05, 3.63) is 37.2 Å². The number of nitrogens with zero attached hydrogens (tertiary/aromatic N) is 2. The zero-order valence-corrected chi connectivity index (χ0v) is 13.4. The first-order valence-corrected chi connectivity index (χ1v) is 7.76. The van der Waals surface area contributed by atoms with Crippen molar-refractivity contribution < 1.29 is 0 Å². The Hall–Kier alpha value is -0.360. The molecule has 2 aromatic rings. The summed E-state index contributed by atoms with van der Waals surface area (Å²) in [6.07, 6.45) is 2.67. The molecule has 0 amide bonds. The van der Waals surface area contributed by atoms with Crippen LogP contribution in [0.5, 0.6) is 0 Å². The third-order valence-corrected chi connectivity index (χ3v) is 5.26. The van der Waals surface area contributed by atoms with Gasteiger partial charge in [0.05, 0.1) is 26.7 Å². The number of thiophene rings is 1. The molecule has 2 rings (SSSR count). The molecule has 0 fully saturated rings. The summed E-state index contributed by atoms with van der Waals surface area (Å²) in [7, 11) is 0. The molecule has 0 radical (unpaired) electrons. The van der Waals surface area contributed by atoms with Gasteiger partial charge in [-0.3, -0.25) is 4.68 Å². The lowest BCUT2D eigenvalue weighted by Crippen LogP contribution is -2.17. The molecule has 0 saturated carbocycles. The molecule has 3 nitrogen and oxygen atoms in total. The van der Waals surface area contributed by atoms with Crippen molar-refractivity contribution in [2.24, 2.45) is 5.73 Å². The number of hydrogen-bond acceptors (Lipinski definition) is 3. The van der Waals surface area contributed by atoms with Crippen LogP contribution in [-0.2, 0) is 6.54 Å². The summed E-state index contributed by atoms with van der Waals surface area (Å²) in [5, 5.41) is 4.92. The largest absolute Gasteiger partial charge is 0.318 e. The molecule has 0 aliphatic carbocycles. The van der Waals surface area contributed by atoms with Gasteiger partial charge in [-0.15, -0.1) is 11.3 Å². The summed E-state index contributed by atoms with van der Waals surface area (Å²) in [6, 6.07) is 1.88. The Morgan fingerprint density at radius 1 is 1.61 bits per heavy atom. The van der Waals surface area contributed by atoms with Gasteiger partial charge in [0, 0.05) is 11.4 Å². The minimum Gasteiger partial charge on any atom is -0.318 e. The summed E-state index contributed by atoms with van der Waals surface area (Å²) < 4.78 is 3.02. The van der Waals surface area contributed by atoms with E-state index in [-0.39, 0.29) is 6.04 Å². The third-order valence-electron chi connectivity index (χ3n) is 2.75. The van der Waals surface area contributed by atoms with Gasteiger partial charge in [-0.05, 0) is 40.9 Å². The molecule has 18 heavy (non-hydrogen) atoms. The van der Waals surface area contributed by atoms with Gasteiger partial charge >= 0.3 is 0 Å². The van der Waals surface area contributed by atoms with E-state index in [2.05, 4.69) is 40.9 Å². The van der Waals surface area contributed by atoms with E-state index in [9.17, 15) is 0 Å². The second-order valence-electron chi connectivity index (χ2n) is 4.18. The summed E-state index contributed by atoms with van der Waals surface area (Å²) in [5.74, 6) is 0. The van der Waals surface area contributed by atoms with Gasteiger partial charge in [-0.25, -0.2) is 0 Å². The molecule has 1 atom stereocenters. The zero-order valence-electron chi connectivity index (χ0n) is 10.3. The Kier molecular flexibility index (Phi) is 4.48. The van der Waals surface area contributed by atoms with Crippen LogP contribution in [0.3, 0.4) is 0 Å². The minimum atomic E-state index is -0.221. The van der Waals surface area contributed by atoms with Crippen LogP contribution in [0.4, 0.5) is 0 Å². The van der Waals surface area contributed by atoms with Gasteiger partial charge in [-0.2, -0.15) is 5.10 Å². The van der Waals surface area contributed by atoms with E-state index in [0.717, 1.165) is 27.3 Å². The molecular weight excluding hydrogens is 334 g/mol. The van der Waals surface area contributed by atoms with E-state index in [1.165, 1.54) is 5.56 Å². The lowest BCUT2D eigenvalue weighted by atomic mass is 10.1. The van der Waals surface area contributed by atoms with E-state index < -0.39 is 0 Å². The van der Waals surface area contributed by atoms with E-state index in [1.54, 1.807) is 17.5 Å². The molecule has 0 saturated heterocycles. The van der Waals surface area contributed by atoms with Gasteiger partial charge in [0.15, 0.2) is 0 Å². The molecule has 0 aliphatic rings. The highest BCUT2D eigenvalue weighted by Crippen LogP contribution is 2.35. The summed E-state index contributed by atoms with van der Waals surface area (Å²) >= 11 is 11.4. The molecule has 0 aromatic carbocycles. The first-order chi connectivity index (χ1) is 8.54. The molecule has 2 heterocycles. The maximum absolute atomic E-state index is 6.32. The van der Waals surface area contributed by atoms with Crippen molar-refractivity contribution in [1.29, 1.82) is 0 Å². The smallest absolute Gasteiger partial charge is 0.0837 e. The third kappa shape index (κ3) is 2.64. The Balaban J connectivity index is 2.38. The maximum Gasteiger partial charge on any atom is 0.0837 e. The van der Waals surface area contributed by atoms with Crippen LogP contribution >= 0.6 is 38.9 Å². The van der Waals surface area contributed by atoms with Gasteiger partial charge in [0.25, 0.3) is 0 Å². The summed E-state index contributed by atoms with van der Waals surface area (Å²) in [5.41, 5.74) is 8.41. The highest BCUT2D eigenvalue weighted by Gasteiger charge is 2.20. The van der Waals surface area contributed by atoms with E-state index in [1.807, 2.05) is 4.68 Å². The Morgan fingerprint density at radius 3 is 2.89 bits per heavy atom. The number of nitrogens with two attached hydrogens (primary N) is 1. The SMILES string of the molecule is CCCn1ncc(Cl)c1C(N)c1cc(C)c(Br)s1. The molecule has 6 heteroatoms. The van der Waals surface area contributed by atoms with Crippen LogP contribution < -0.4 is 5.73 Å². The number of aryl methyl sites for hydroxylation is 2. The number of hydrogen-bond donors (Lipinski definition) is 1. The fraction of sp³-hybridized carbons (Fsp3) is 0.417. The van der Waals surface area contributed by atoms with Crippen molar-refractivity contribution >= 4 is 38.9 Å². The summed E-state index contributed by atoms with van der Waals surface area (Å²) in [6.45, 7) is 5.00. The van der Waals surface area contributed by atoms with Crippen molar-refractivity contribution in [2.75, 3.05) is 0 Å². The molecule has 2 aromatic heterocycles. The second kappa shape index (κ2) is 5.74. The van der Waals surface area contributed by atoms with Crippen molar-refractivity contribution in [3.63, 3.8) is 0 Å². The minimum absolute atomic E-state index is 0.221. The zero-order chi connectivity index (χ0) is 13.3. The summed E-state index contributed by atoms with van der Waals surface area (Å²) in [4.78, 5) is 1.10. The molecule has 0 bridgehead atoms. The monoisotopic (exact) mass is 347 g/mol. The predicted molar refractivity (Wildman–Crippen MR) is 80.3 cm³/mol. The highest BCUT2D eigenvalue weighted by atomic mass is 79.9. The van der Waals surface area contributed by atoms with Crippen LogP contribution in [0, 0.1) is 6.92 Å². The fourth-order valence-electron chi connectivity index (χ4n) is 1.84. The molecule has 0 spiro atoms. The molecule has 2 N–H and O–H groups in total. The molecule has 0 aliphatic heterocycles. The van der Waals surface area contributed by atoms with Gasteiger partial charge in [-0.1, -0.05) is 18.5 Å². The molecular formula is C12H15BrClN3S. The Labute approximate surface area is 124 Å². The van der Waals surface area contributed by atoms with Gasteiger partial charge < -0.3 is 5.73 Å². The average molecular weight is 349 g/mol. The highest BCUT2D eigenvalue weighted by molar-refractivity contribution is 9.11. The first-order valence-electron chi connectivity index (χ1n) is 5.77. The van der Waals surface area contributed by atoms with Crippen LogP contribution in [0.1, 0.15) is 35.5 Å². The number of halogens is 2. The van der Waals surface area contributed by atoms with E-state index in [0.29, 0.717) is 5.02 Å². The standard InChI is InChI=1S/C12H15BrClN3S/c1-3-4-17-11(8(14)6-16-17)10(15)9-5-7(2)12(13)18-9/h5-6,10H,3-4,15H2,1-2H3. The predicted octanol–water partition coefficient (Wildman–Crippen LogP) is 4.13. The first kappa shape index (κ1) is 14.1. The van der Waals surface area contributed by atoms with Crippen LogP contribution in [0.2, 0.25) is 5.02 Å². The van der Waals surface area contributed by atoms with E-state index >= 15 is 0 Å². The number of aromatic nitrogens is 2. The average Bonchev–Trinajstić information content (AvgIpc) is 2.84. The Morgan fingerprint density at radius 2 is 2.33 bits per heavy atom. The quantitative estimate of drug-likeness (QED) is 0.903. The van der Waals surface area contributed by atoms with Gasteiger partial charge in [0.2, 0.25) is 0 Å². The van der Waals surface area contributed by atoms with Crippen LogP contribution in [-0.4, -0.2) is 9.78 Å². The lowest BCUT2D eigenvalue weighted by molar-refractivity contribution is 0.561. The van der Waals surface area contributed by atoms with Crippen molar-refractivity contribution in [2.45, 2.75) is 32.9 Å². The second-order valence-corrected chi connectivity index (χ2v) is 6.99. The molecule has 98 valence electrons. The fourth-order valence-corrected chi connectivity index (χ4v) is 3.68.